The molecule has 0 radical (unpaired) electrons. The van der Waals surface area contributed by atoms with Gasteiger partial charge in [-0.15, -0.1) is 5.10 Å². The van der Waals surface area contributed by atoms with E-state index in [-0.39, 0.29) is 11.7 Å². The van der Waals surface area contributed by atoms with E-state index in [4.69, 9.17) is 5.11 Å². The van der Waals surface area contributed by atoms with Crippen LogP contribution in [0.2, 0.25) is 0 Å². The summed E-state index contributed by atoms with van der Waals surface area (Å²) < 4.78 is 3.58. The molecule has 2 aromatic heterocycles. The predicted octanol–water partition coefficient (Wildman–Crippen LogP) is 0.811. The first-order chi connectivity index (χ1) is 10.0. The Labute approximate surface area is 122 Å². The Balaban J connectivity index is 1.54. The van der Waals surface area contributed by atoms with Crippen LogP contribution in [-0.4, -0.2) is 53.8 Å². The van der Waals surface area contributed by atoms with Crippen LogP contribution in [0.1, 0.15) is 42.0 Å². The van der Waals surface area contributed by atoms with Crippen molar-refractivity contribution in [3.05, 3.63) is 29.8 Å². The highest BCUT2D eigenvalue weighted by Gasteiger charge is 2.29. The van der Waals surface area contributed by atoms with Crippen molar-refractivity contribution in [2.24, 2.45) is 0 Å². The van der Waals surface area contributed by atoms with Gasteiger partial charge in [0.05, 0.1) is 18.4 Å². The van der Waals surface area contributed by atoms with Crippen molar-refractivity contribution >= 4 is 5.97 Å². The minimum atomic E-state index is -1.04. The van der Waals surface area contributed by atoms with Crippen LogP contribution in [0.5, 0.6) is 0 Å². The molecule has 3 rings (SSSR count). The fraction of sp³-hybridized carbons (Fsp3) is 0.538. The molecule has 1 fully saturated rings. The summed E-state index contributed by atoms with van der Waals surface area (Å²) in [5.74, 6) is -1.04. The van der Waals surface area contributed by atoms with Gasteiger partial charge in [-0.2, -0.15) is 5.10 Å². The average molecular weight is 290 g/mol. The standard InChI is InChI=1S/C13H18N6O2/c1-9(2)18-5-10(3-14-18)4-17-6-11(7-17)19-8-12(13(20)21)15-16-19/h3,5,8-9,11H,4,6-7H2,1-2H3,(H,20,21). The SMILES string of the molecule is CC(C)n1cc(CN2CC(n3cc(C(=O)O)nn3)C2)cn1. The van der Waals surface area contributed by atoms with E-state index in [0.717, 1.165) is 19.6 Å². The monoisotopic (exact) mass is 290 g/mol. The summed E-state index contributed by atoms with van der Waals surface area (Å²) in [6.07, 6.45) is 5.45. The molecular formula is C13H18N6O2. The second kappa shape index (κ2) is 5.28. The molecule has 1 aliphatic rings. The topological polar surface area (TPSA) is 89.1 Å². The molecule has 0 saturated carbocycles. The molecule has 8 heteroatoms. The molecule has 0 aliphatic carbocycles. The van der Waals surface area contributed by atoms with Gasteiger partial charge in [-0.05, 0) is 13.8 Å². The number of carboxylic acid groups (broad SMARTS) is 1. The molecule has 21 heavy (non-hydrogen) atoms. The lowest BCUT2D eigenvalue weighted by Crippen LogP contribution is -2.47. The van der Waals surface area contributed by atoms with Crippen LogP contribution in [0, 0.1) is 0 Å². The summed E-state index contributed by atoms with van der Waals surface area (Å²) in [6, 6.07) is 0.568. The van der Waals surface area contributed by atoms with Crippen molar-refractivity contribution in [1.29, 1.82) is 0 Å². The number of hydrogen-bond donors (Lipinski definition) is 1. The maximum atomic E-state index is 10.8. The van der Waals surface area contributed by atoms with Crippen molar-refractivity contribution < 1.29 is 9.90 Å². The molecule has 0 atom stereocenters. The van der Waals surface area contributed by atoms with Gasteiger partial charge >= 0.3 is 5.97 Å². The van der Waals surface area contributed by atoms with Crippen molar-refractivity contribution in [3.8, 4) is 0 Å². The van der Waals surface area contributed by atoms with E-state index >= 15 is 0 Å². The van der Waals surface area contributed by atoms with Crippen LogP contribution < -0.4 is 0 Å². The highest BCUT2D eigenvalue weighted by molar-refractivity contribution is 5.84. The zero-order chi connectivity index (χ0) is 15.0. The molecule has 8 nitrogen and oxygen atoms in total. The lowest BCUT2D eigenvalue weighted by Gasteiger charge is -2.38. The summed E-state index contributed by atoms with van der Waals surface area (Å²) in [4.78, 5) is 13.0. The van der Waals surface area contributed by atoms with Crippen molar-refractivity contribution in [2.75, 3.05) is 13.1 Å². The van der Waals surface area contributed by atoms with Crippen LogP contribution in [0.25, 0.3) is 0 Å². The smallest absolute Gasteiger partial charge is 0.358 e. The Hall–Kier alpha value is -2.22. The number of nitrogens with zero attached hydrogens (tertiary/aromatic N) is 6. The van der Waals surface area contributed by atoms with Gasteiger partial charge in [0, 0.05) is 37.4 Å². The summed E-state index contributed by atoms with van der Waals surface area (Å²) in [5.41, 5.74) is 1.18. The zero-order valence-electron chi connectivity index (χ0n) is 12.0. The van der Waals surface area contributed by atoms with E-state index in [2.05, 4.69) is 40.4 Å². The molecule has 1 saturated heterocycles. The van der Waals surface area contributed by atoms with Crippen LogP contribution in [0.4, 0.5) is 0 Å². The normalized spacial score (nSPS) is 16.3. The molecular weight excluding hydrogens is 272 g/mol. The Morgan fingerprint density at radius 2 is 2.19 bits per heavy atom. The van der Waals surface area contributed by atoms with E-state index in [1.807, 2.05) is 10.9 Å². The number of hydrogen-bond acceptors (Lipinski definition) is 5. The Morgan fingerprint density at radius 1 is 1.43 bits per heavy atom. The van der Waals surface area contributed by atoms with E-state index in [9.17, 15) is 4.79 Å². The van der Waals surface area contributed by atoms with Crippen molar-refractivity contribution in [1.82, 2.24) is 29.7 Å². The molecule has 0 amide bonds. The van der Waals surface area contributed by atoms with Gasteiger partial charge in [0.1, 0.15) is 0 Å². The van der Waals surface area contributed by atoms with Crippen LogP contribution in [0.15, 0.2) is 18.6 Å². The number of aromatic carboxylic acids is 1. The average Bonchev–Trinajstić information content (AvgIpc) is 3.02. The van der Waals surface area contributed by atoms with Crippen LogP contribution in [-0.2, 0) is 6.54 Å². The number of aromatic nitrogens is 5. The molecule has 1 N–H and O–H groups in total. The van der Waals surface area contributed by atoms with Gasteiger partial charge in [-0.3, -0.25) is 9.58 Å². The summed E-state index contributed by atoms with van der Waals surface area (Å²) >= 11 is 0. The van der Waals surface area contributed by atoms with E-state index < -0.39 is 5.97 Å². The molecule has 1 aliphatic heterocycles. The van der Waals surface area contributed by atoms with Gasteiger partial charge in [0.15, 0.2) is 5.69 Å². The molecule has 0 aromatic carbocycles. The minimum absolute atomic E-state index is 0.00772. The predicted molar refractivity (Wildman–Crippen MR) is 73.9 cm³/mol. The third-order valence-electron chi connectivity index (χ3n) is 3.63. The number of likely N-dealkylation sites (tertiary alicyclic amines) is 1. The molecule has 3 heterocycles. The third kappa shape index (κ3) is 2.80. The minimum Gasteiger partial charge on any atom is -0.476 e. The summed E-state index contributed by atoms with van der Waals surface area (Å²) in [6.45, 7) is 6.73. The van der Waals surface area contributed by atoms with Gasteiger partial charge in [0.25, 0.3) is 0 Å². The first kappa shape index (κ1) is 13.7. The van der Waals surface area contributed by atoms with Crippen LogP contribution in [0.3, 0.4) is 0 Å². The van der Waals surface area contributed by atoms with E-state index in [1.54, 1.807) is 4.68 Å². The number of carbonyl (C=O) groups is 1. The highest BCUT2D eigenvalue weighted by Crippen LogP contribution is 2.22. The van der Waals surface area contributed by atoms with E-state index in [0.29, 0.717) is 6.04 Å². The second-order valence-corrected chi connectivity index (χ2v) is 5.66. The first-order valence-corrected chi connectivity index (χ1v) is 6.93. The Kier molecular flexibility index (Phi) is 3.46. The lowest BCUT2D eigenvalue weighted by molar-refractivity contribution is 0.0690. The second-order valence-electron chi connectivity index (χ2n) is 5.66. The van der Waals surface area contributed by atoms with Gasteiger partial charge in [-0.1, -0.05) is 5.21 Å². The molecule has 0 spiro atoms. The fourth-order valence-electron chi connectivity index (χ4n) is 2.39. The van der Waals surface area contributed by atoms with Crippen molar-refractivity contribution in [3.63, 3.8) is 0 Å². The highest BCUT2D eigenvalue weighted by atomic mass is 16.4. The lowest BCUT2D eigenvalue weighted by atomic mass is 10.1. The maximum absolute atomic E-state index is 10.8. The van der Waals surface area contributed by atoms with Gasteiger partial charge < -0.3 is 5.11 Å². The third-order valence-corrected chi connectivity index (χ3v) is 3.63. The van der Waals surface area contributed by atoms with E-state index in [1.165, 1.54) is 11.8 Å². The molecule has 112 valence electrons. The Morgan fingerprint density at radius 3 is 2.76 bits per heavy atom. The molecule has 0 unspecified atom stereocenters. The summed E-state index contributed by atoms with van der Waals surface area (Å²) in [5, 5.41) is 20.7. The number of rotatable bonds is 5. The largest absolute Gasteiger partial charge is 0.476 e. The van der Waals surface area contributed by atoms with Gasteiger partial charge in [-0.25, -0.2) is 9.48 Å². The molecule has 2 aromatic rings. The first-order valence-electron chi connectivity index (χ1n) is 6.93. The number of carboxylic acids is 1. The Bertz CT molecular complexity index is 641. The maximum Gasteiger partial charge on any atom is 0.358 e. The molecule has 0 bridgehead atoms. The van der Waals surface area contributed by atoms with Gasteiger partial charge in [0.2, 0.25) is 0 Å². The summed E-state index contributed by atoms with van der Waals surface area (Å²) in [7, 11) is 0. The van der Waals surface area contributed by atoms with Crippen LogP contribution >= 0.6 is 0 Å². The fourth-order valence-corrected chi connectivity index (χ4v) is 2.39. The quantitative estimate of drug-likeness (QED) is 0.876. The zero-order valence-corrected chi connectivity index (χ0v) is 12.0. The van der Waals surface area contributed by atoms with Crippen molar-refractivity contribution in [2.45, 2.75) is 32.5 Å².